The third kappa shape index (κ3) is 3.44. The lowest BCUT2D eigenvalue weighted by Crippen LogP contribution is -2.24. The molecule has 0 spiro atoms. The fourth-order valence-electron chi connectivity index (χ4n) is 4.27. The van der Waals surface area contributed by atoms with Gasteiger partial charge < -0.3 is 23.5 Å². The van der Waals surface area contributed by atoms with Gasteiger partial charge in [-0.1, -0.05) is 0 Å². The lowest BCUT2D eigenvalue weighted by molar-refractivity contribution is -0.144. The van der Waals surface area contributed by atoms with Gasteiger partial charge in [-0.3, -0.25) is 4.79 Å². The summed E-state index contributed by atoms with van der Waals surface area (Å²) in [4.78, 5) is 25.4. The highest BCUT2D eigenvalue weighted by Gasteiger charge is 2.31. The summed E-state index contributed by atoms with van der Waals surface area (Å²) in [6.07, 6.45) is 4.64. The molecule has 2 aromatic carbocycles. The Hall–Kier alpha value is -3.58. The normalized spacial score (nSPS) is 18.8. The molecule has 1 fully saturated rings. The molecule has 1 aromatic heterocycles. The number of Topliss-reactive ketones (excluding diaryl/α,β-unsaturated/α-hetero) is 1. The average Bonchev–Trinajstić information content (AvgIpc) is 3.48. The second kappa shape index (κ2) is 7.84. The summed E-state index contributed by atoms with van der Waals surface area (Å²) in [6, 6.07) is 9.07. The second-order valence-corrected chi connectivity index (χ2v) is 8.05. The lowest BCUT2D eigenvalue weighted by Gasteiger charge is -2.11. The van der Waals surface area contributed by atoms with E-state index in [0.29, 0.717) is 35.7 Å². The number of hydrogen-bond donors (Lipinski definition) is 0. The second-order valence-electron chi connectivity index (χ2n) is 8.05. The Bertz CT molecular complexity index is 1280. The van der Waals surface area contributed by atoms with E-state index < -0.39 is 12.1 Å². The Morgan fingerprint density at radius 1 is 1.22 bits per heavy atom. The Balaban J connectivity index is 1.46. The number of carbonyl (C=O) groups excluding carboxylic acids is 2. The molecule has 2 aliphatic rings. The van der Waals surface area contributed by atoms with Crippen LogP contribution < -0.4 is 14.2 Å². The zero-order valence-electron chi connectivity index (χ0n) is 18.1. The van der Waals surface area contributed by atoms with Gasteiger partial charge in [0.25, 0.3) is 0 Å². The molecule has 2 aliphatic heterocycles. The Morgan fingerprint density at radius 2 is 2.06 bits per heavy atom. The summed E-state index contributed by atoms with van der Waals surface area (Å²) in [5.74, 6) is 1.06. The van der Waals surface area contributed by atoms with Crippen molar-refractivity contribution < 1.29 is 28.5 Å². The minimum absolute atomic E-state index is 0.200. The predicted octanol–water partition coefficient (Wildman–Crippen LogP) is 4.20. The number of ketones is 1. The van der Waals surface area contributed by atoms with Crippen molar-refractivity contribution in [2.75, 3.05) is 13.7 Å². The third-order valence-electron chi connectivity index (χ3n) is 5.87. The Labute approximate surface area is 185 Å². The van der Waals surface area contributed by atoms with E-state index in [9.17, 15) is 9.59 Å². The van der Waals surface area contributed by atoms with Crippen LogP contribution in [0.4, 0.5) is 0 Å². The Morgan fingerprint density at radius 3 is 2.81 bits per heavy atom. The first kappa shape index (κ1) is 20.3. The molecule has 0 radical (unpaired) electrons. The minimum atomic E-state index is -0.537. The number of ether oxygens (including phenoxy) is 4. The van der Waals surface area contributed by atoms with Gasteiger partial charge in [-0.05, 0) is 55.7 Å². The highest BCUT2D eigenvalue weighted by molar-refractivity contribution is 6.16. The summed E-state index contributed by atoms with van der Waals surface area (Å²) >= 11 is 0. The number of aromatic nitrogens is 1. The molecule has 1 saturated heterocycles. The molecule has 1 atom stereocenters. The molecule has 3 aromatic rings. The van der Waals surface area contributed by atoms with Crippen molar-refractivity contribution in [1.29, 1.82) is 0 Å². The molecule has 7 heteroatoms. The lowest BCUT2D eigenvalue weighted by atomic mass is 10.0. The zero-order valence-corrected chi connectivity index (χ0v) is 18.1. The maximum Gasteiger partial charge on any atom is 0.340 e. The predicted molar refractivity (Wildman–Crippen MR) is 118 cm³/mol. The molecule has 3 heterocycles. The molecule has 0 bridgehead atoms. The summed E-state index contributed by atoms with van der Waals surface area (Å²) in [7, 11) is 3.57. The minimum Gasteiger partial charge on any atom is -0.497 e. The van der Waals surface area contributed by atoms with E-state index in [0.717, 1.165) is 28.6 Å². The van der Waals surface area contributed by atoms with Crippen molar-refractivity contribution in [2.45, 2.75) is 25.9 Å². The van der Waals surface area contributed by atoms with Gasteiger partial charge in [0, 0.05) is 42.4 Å². The van der Waals surface area contributed by atoms with Gasteiger partial charge in [0.05, 0.1) is 12.7 Å². The van der Waals surface area contributed by atoms with E-state index in [1.165, 1.54) is 0 Å². The number of allylic oxidation sites excluding steroid dienone is 1. The standard InChI is InChI=1S/C25H23NO6/c1-14-9-17(31-25(28)20-5-4-8-30-20)12-21-23(14)24(27)22(32-21)10-15-13-26(2)19-7-6-16(29-3)11-18(15)19/h6-7,9-13,20H,4-5,8H2,1-3H3/b22-10-. The number of aryl methyl sites for hydroxylation is 2. The van der Waals surface area contributed by atoms with E-state index in [-0.39, 0.29) is 11.5 Å². The van der Waals surface area contributed by atoms with Gasteiger partial charge in [0.1, 0.15) is 17.2 Å². The van der Waals surface area contributed by atoms with Crippen LogP contribution in [-0.2, 0) is 16.6 Å². The number of hydrogen-bond acceptors (Lipinski definition) is 6. The summed E-state index contributed by atoms with van der Waals surface area (Å²) in [5, 5.41) is 0.953. The highest BCUT2D eigenvalue weighted by atomic mass is 16.6. The van der Waals surface area contributed by atoms with Crippen LogP contribution in [-0.4, -0.2) is 36.1 Å². The maximum atomic E-state index is 13.1. The van der Waals surface area contributed by atoms with Crippen LogP contribution in [0, 0.1) is 6.92 Å². The molecule has 164 valence electrons. The smallest absolute Gasteiger partial charge is 0.340 e. The van der Waals surface area contributed by atoms with Crippen LogP contribution in [0.3, 0.4) is 0 Å². The van der Waals surface area contributed by atoms with Crippen molar-refractivity contribution >= 4 is 28.7 Å². The molecule has 0 saturated carbocycles. The van der Waals surface area contributed by atoms with E-state index in [1.807, 2.05) is 36.0 Å². The van der Waals surface area contributed by atoms with Crippen LogP contribution >= 0.6 is 0 Å². The fourth-order valence-corrected chi connectivity index (χ4v) is 4.27. The molecule has 0 N–H and O–H groups in total. The number of fused-ring (bicyclic) bond motifs is 2. The summed E-state index contributed by atoms with van der Waals surface area (Å²) < 4.78 is 24.1. The number of esters is 1. The largest absolute Gasteiger partial charge is 0.497 e. The van der Waals surface area contributed by atoms with E-state index >= 15 is 0 Å². The van der Waals surface area contributed by atoms with Crippen molar-refractivity contribution in [2.24, 2.45) is 7.05 Å². The first-order chi connectivity index (χ1) is 15.4. The summed E-state index contributed by atoms with van der Waals surface area (Å²) in [5.41, 5.74) is 3.02. The number of nitrogens with zero attached hydrogens (tertiary/aromatic N) is 1. The van der Waals surface area contributed by atoms with Gasteiger partial charge in [0.15, 0.2) is 11.9 Å². The first-order valence-electron chi connectivity index (χ1n) is 10.5. The van der Waals surface area contributed by atoms with Crippen LogP contribution in [0.2, 0.25) is 0 Å². The third-order valence-corrected chi connectivity index (χ3v) is 5.87. The van der Waals surface area contributed by atoms with E-state index in [2.05, 4.69) is 0 Å². The average molecular weight is 433 g/mol. The van der Waals surface area contributed by atoms with Crippen molar-refractivity contribution in [3.8, 4) is 17.2 Å². The van der Waals surface area contributed by atoms with Crippen LogP contribution in [0.25, 0.3) is 17.0 Å². The van der Waals surface area contributed by atoms with Gasteiger partial charge in [-0.15, -0.1) is 0 Å². The fraction of sp³-hybridized carbons (Fsp3) is 0.280. The number of benzene rings is 2. The molecule has 0 aliphatic carbocycles. The molecule has 5 rings (SSSR count). The van der Waals surface area contributed by atoms with E-state index in [4.69, 9.17) is 18.9 Å². The van der Waals surface area contributed by atoms with Gasteiger partial charge in [-0.25, -0.2) is 4.79 Å². The van der Waals surface area contributed by atoms with Crippen LogP contribution in [0.1, 0.15) is 34.3 Å². The number of methoxy groups -OCH3 is 1. The molecule has 0 amide bonds. The molecule has 7 nitrogen and oxygen atoms in total. The van der Waals surface area contributed by atoms with Crippen molar-refractivity contribution in [3.05, 3.63) is 59.0 Å². The monoisotopic (exact) mass is 433 g/mol. The van der Waals surface area contributed by atoms with Gasteiger partial charge in [-0.2, -0.15) is 0 Å². The molecular formula is C25H23NO6. The Kier molecular flexibility index (Phi) is 4.98. The van der Waals surface area contributed by atoms with Crippen LogP contribution in [0.5, 0.6) is 17.2 Å². The van der Waals surface area contributed by atoms with Gasteiger partial charge >= 0.3 is 5.97 Å². The zero-order chi connectivity index (χ0) is 22.4. The quantitative estimate of drug-likeness (QED) is 0.349. The highest BCUT2D eigenvalue weighted by Crippen LogP contribution is 2.38. The number of carbonyl (C=O) groups is 2. The van der Waals surface area contributed by atoms with E-state index in [1.54, 1.807) is 32.2 Å². The van der Waals surface area contributed by atoms with Crippen molar-refractivity contribution in [1.82, 2.24) is 4.57 Å². The molecule has 32 heavy (non-hydrogen) atoms. The van der Waals surface area contributed by atoms with Gasteiger partial charge in [0.2, 0.25) is 5.78 Å². The van der Waals surface area contributed by atoms with Crippen molar-refractivity contribution in [3.63, 3.8) is 0 Å². The topological polar surface area (TPSA) is 76.0 Å². The SMILES string of the molecule is COc1ccc2c(c1)c(/C=C1\Oc3cc(OC(=O)C4CCCO4)cc(C)c3C1=O)cn2C. The maximum absolute atomic E-state index is 13.1. The summed E-state index contributed by atoms with van der Waals surface area (Å²) in [6.45, 7) is 2.37. The van der Waals surface area contributed by atoms with Crippen LogP contribution in [0.15, 0.2) is 42.3 Å². The first-order valence-corrected chi connectivity index (χ1v) is 10.5. The number of rotatable bonds is 4. The molecular weight excluding hydrogens is 410 g/mol. The molecule has 1 unspecified atom stereocenters.